The molecule has 0 saturated heterocycles. The smallest absolute Gasteiger partial charge is 0.313 e. The minimum absolute atomic E-state index is 0.0942. The lowest BCUT2D eigenvalue weighted by molar-refractivity contribution is -0.164. The van der Waals surface area contributed by atoms with E-state index in [9.17, 15) is 4.79 Å². The highest BCUT2D eigenvalue weighted by atomic mass is 16.5. The van der Waals surface area contributed by atoms with Crippen LogP contribution >= 0.6 is 0 Å². The Morgan fingerprint density at radius 2 is 1.81 bits per heavy atom. The van der Waals surface area contributed by atoms with Crippen molar-refractivity contribution >= 4 is 5.97 Å². The quantitative estimate of drug-likeness (QED) is 0.180. The third-order valence-electron chi connectivity index (χ3n) is 13.4. The molecule has 0 aromatic rings. The number of carbonyl (C=O) groups is 1. The number of fused-ring (bicyclic) bond motifs is 5. The highest BCUT2D eigenvalue weighted by Crippen LogP contribution is 2.69. The van der Waals surface area contributed by atoms with Crippen molar-refractivity contribution in [1.29, 1.82) is 0 Å². The van der Waals surface area contributed by atoms with Crippen molar-refractivity contribution in [2.75, 3.05) is 0 Å². The predicted molar refractivity (Wildman–Crippen MR) is 174 cm³/mol. The molecule has 10 unspecified atom stereocenters. The highest BCUT2D eigenvalue weighted by Gasteiger charge is 2.61. The molecule has 0 amide bonds. The van der Waals surface area contributed by atoms with Crippen molar-refractivity contribution < 1.29 is 9.53 Å². The first-order chi connectivity index (χ1) is 19.7. The molecule has 0 aromatic heterocycles. The summed E-state index contributed by atoms with van der Waals surface area (Å²) in [5.41, 5.74) is 17.0. The molecule has 234 valence electrons. The maximum absolute atomic E-state index is 13.5. The Kier molecular flexibility index (Phi) is 8.62. The van der Waals surface area contributed by atoms with Gasteiger partial charge in [0.05, 0.1) is 5.92 Å². The van der Waals surface area contributed by atoms with Crippen LogP contribution in [-0.2, 0) is 9.53 Å². The van der Waals surface area contributed by atoms with E-state index in [0.29, 0.717) is 16.8 Å². The van der Waals surface area contributed by atoms with Gasteiger partial charge in [-0.05, 0) is 124 Å². The lowest BCUT2D eigenvalue weighted by Crippen LogP contribution is -2.55. The van der Waals surface area contributed by atoms with E-state index in [0.717, 1.165) is 42.4 Å². The minimum Gasteiger partial charge on any atom is -0.461 e. The van der Waals surface area contributed by atoms with Gasteiger partial charge in [0.2, 0.25) is 0 Å². The molecule has 5 rings (SSSR count). The molecule has 0 radical (unpaired) electrons. The summed E-state index contributed by atoms with van der Waals surface area (Å²) in [5.74, 6) is 3.38. The summed E-state index contributed by atoms with van der Waals surface area (Å²) in [5, 5.41) is 0. The zero-order chi connectivity index (χ0) is 30.6. The molecular weight excluding hydrogens is 516 g/mol. The zero-order valence-electron chi connectivity index (χ0n) is 28.0. The maximum atomic E-state index is 13.5. The molecule has 4 heteroatoms. The van der Waals surface area contributed by atoms with E-state index in [4.69, 9.17) is 16.2 Å². The largest absolute Gasteiger partial charge is 0.461 e. The van der Waals surface area contributed by atoms with Gasteiger partial charge in [0.15, 0.2) is 0 Å². The first kappa shape index (κ1) is 31.5. The molecule has 4 N–H and O–H groups in total. The number of hydrogen-bond acceptors (Lipinski definition) is 4. The molecular formula is C38H60N2O2. The fraction of sp³-hybridized carbons (Fsp3) is 0.763. The molecule has 3 fully saturated rings. The average Bonchev–Trinajstić information content (AvgIpc) is 3.27. The lowest BCUT2D eigenvalue weighted by atomic mass is 9.44. The molecule has 42 heavy (non-hydrogen) atoms. The van der Waals surface area contributed by atoms with Crippen LogP contribution in [0.5, 0.6) is 0 Å². The van der Waals surface area contributed by atoms with Crippen molar-refractivity contribution in [2.45, 2.75) is 126 Å². The van der Waals surface area contributed by atoms with Crippen LogP contribution < -0.4 is 11.5 Å². The summed E-state index contributed by atoms with van der Waals surface area (Å²) < 4.78 is 6.36. The third-order valence-corrected chi connectivity index (χ3v) is 13.4. The van der Waals surface area contributed by atoms with E-state index in [1.165, 1.54) is 56.9 Å². The Morgan fingerprint density at radius 3 is 2.52 bits per heavy atom. The molecule has 0 aliphatic heterocycles. The van der Waals surface area contributed by atoms with E-state index < -0.39 is 5.92 Å². The van der Waals surface area contributed by atoms with Crippen molar-refractivity contribution in [3.8, 4) is 0 Å². The predicted octanol–water partition coefficient (Wildman–Crippen LogP) is 8.84. The number of unbranched alkanes of at least 4 members (excludes halogenated alkanes) is 1. The van der Waals surface area contributed by atoms with Crippen molar-refractivity contribution in [3.05, 3.63) is 46.8 Å². The van der Waals surface area contributed by atoms with Gasteiger partial charge < -0.3 is 16.2 Å². The Balaban J connectivity index is 1.30. The summed E-state index contributed by atoms with van der Waals surface area (Å²) in [7, 11) is 0. The molecule has 10 atom stereocenters. The first-order valence-electron chi connectivity index (χ1n) is 17.2. The second-order valence-electron chi connectivity index (χ2n) is 16.4. The molecule has 4 nitrogen and oxygen atoms in total. The fourth-order valence-electron chi connectivity index (χ4n) is 11.0. The maximum Gasteiger partial charge on any atom is 0.313 e. The topological polar surface area (TPSA) is 78.3 Å². The molecule has 0 bridgehead atoms. The van der Waals surface area contributed by atoms with Crippen molar-refractivity contribution in [3.63, 3.8) is 0 Å². The van der Waals surface area contributed by atoms with E-state index >= 15 is 0 Å². The van der Waals surface area contributed by atoms with Gasteiger partial charge in [0.25, 0.3) is 0 Å². The first-order valence-corrected chi connectivity index (χ1v) is 17.2. The number of allylic oxidation sites excluding steroid dienone is 5. The Labute approximate surface area is 256 Å². The van der Waals surface area contributed by atoms with Crippen LogP contribution in [0.2, 0.25) is 0 Å². The molecule has 0 aromatic carbocycles. The molecule has 0 heterocycles. The van der Waals surface area contributed by atoms with Gasteiger partial charge in [-0.1, -0.05) is 71.3 Å². The number of rotatable bonds is 7. The molecule has 3 saturated carbocycles. The molecule has 5 aliphatic carbocycles. The third kappa shape index (κ3) is 5.32. The van der Waals surface area contributed by atoms with Gasteiger partial charge in [0, 0.05) is 22.7 Å². The van der Waals surface area contributed by atoms with Gasteiger partial charge in [-0.2, -0.15) is 0 Å². The van der Waals surface area contributed by atoms with E-state index in [1.54, 1.807) is 11.6 Å². The van der Waals surface area contributed by atoms with Gasteiger partial charge >= 0.3 is 5.97 Å². The summed E-state index contributed by atoms with van der Waals surface area (Å²) in [6.07, 6.45) is 21.2. The SMILES string of the molecule is CC(C)=CCCCC(C)C1CCC2C3CC=C4C(C)(C)C(OC(=O)C5C=C(N)C=C(N)C5C)CCC4(C)C3CCC12C. The van der Waals surface area contributed by atoms with Crippen molar-refractivity contribution in [2.24, 2.45) is 69.1 Å². The minimum atomic E-state index is -0.412. The van der Waals surface area contributed by atoms with Crippen LogP contribution in [0.3, 0.4) is 0 Å². The van der Waals surface area contributed by atoms with Crippen LogP contribution in [0, 0.1) is 57.7 Å². The molecule has 5 aliphatic rings. The van der Waals surface area contributed by atoms with Gasteiger partial charge in [-0.3, -0.25) is 4.79 Å². The number of esters is 1. The summed E-state index contributed by atoms with van der Waals surface area (Å²) in [6.45, 7) is 18.9. The Bertz CT molecular complexity index is 1170. The number of ether oxygens (including phenoxy) is 1. The average molecular weight is 577 g/mol. The van der Waals surface area contributed by atoms with Gasteiger partial charge in [-0.15, -0.1) is 0 Å². The second kappa shape index (κ2) is 11.5. The standard InChI is InChI=1S/C38H60N2O2/c1-23(2)11-9-10-12-24(3)29-14-15-30-27-13-16-33-36(5,6)34(18-20-38(33,8)31(27)17-19-37(29,30)7)42-35(41)28-21-26(39)22-32(40)25(28)4/h11,16,21-22,24-25,27-31,34H,9-10,12-15,17-20,39-40H2,1-8H3. The Morgan fingerprint density at radius 1 is 1.07 bits per heavy atom. The number of hydrogen-bond donors (Lipinski definition) is 2. The highest BCUT2D eigenvalue weighted by molar-refractivity contribution is 5.76. The summed E-state index contributed by atoms with van der Waals surface area (Å²) in [4.78, 5) is 13.5. The van der Waals surface area contributed by atoms with Crippen LogP contribution in [-0.4, -0.2) is 12.1 Å². The molecule has 0 spiro atoms. The van der Waals surface area contributed by atoms with Crippen LogP contribution in [0.4, 0.5) is 0 Å². The van der Waals surface area contributed by atoms with E-state index in [1.807, 2.05) is 13.0 Å². The van der Waals surface area contributed by atoms with Crippen LogP contribution in [0.25, 0.3) is 0 Å². The van der Waals surface area contributed by atoms with Crippen molar-refractivity contribution in [1.82, 2.24) is 0 Å². The number of nitrogens with two attached hydrogens (primary N) is 2. The van der Waals surface area contributed by atoms with Gasteiger partial charge in [-0.25, -0.2) is 0 Å². The monoisotopic (exact) mass is 576 g/mol. The number of carbonyl (C=O) groups excluding carboxylic acids is 1. The van der Waals surface area contributed by atoms with Crippen LogP contribution in [0.15, 0.2) is 46.8 Å². The lowest BCUT2D eigenvalue weighted by Gasteiger charge is -2.61. The summed E-state index contributed by atoms with van der Waals surface area (Å²) >= 11 is 0. The second-order valence-corrected chi connectivity index (χ2v) is 16.4. The van der Waals surface area contributed by atoms with Crippen LogP contribution in [0.1, 0.15) is 120 Å². The van der Waals surface area contributed by atoms with Gasteiger partial charge in [0.1, 0.15) is 6.10 Å². The fourth-order valence-corrected chi connectivity index (χ4v) is 11.0. The van der Waals surface area contributed by atoms with E-state index in [2.05, 4.69) is 60.6 Å². The zero-order valence-corrected chi connectivity index (χ0v) is 28.0. The Hall–Kier alpha value is -1.97. The normalized spacial score (nSPS) is 41.2. The van der Waals surface area contributed by atoms with E-state index in [-0.39, 0.29) is 28.8 Å². The summed E-state index contributed by atoms with van der Waals surface area (Å²) in [6, 6.07) is 0.